The minimum Gasteiger partial charge on any atom is -0.406 e. The molecule has 5 rings (SSSR count). The zero-order chi connectivity index (χ0) is 35.0. The molecular formula is C34H12F6N6O2. The normalized spacial score (nSPS) is 20.3. The van der Waals surface area contributed by atoms with Gasteiger partial charge in [-0.05, 0) is 69.2 Å². The number of allylic oxidation sites excluding steroid dienone is 11. The number of nitriles is 3. The van der Waals surface area contributed by atoms with Gasteiger partial charge in [0.25, 0.3) is 11.4 Å². The lowest BCUT2D eigenvalue weighted by atomic mass is 9.79. The first-order valence-corrected chi connectivity index (χ1v) is 13.3. The fraction of sp³-hybridized carbons (Fsp3) is 0.118. The first-order chi connectivity index (χ1) is 22.8. The van der Waals surface area contributed by atoms with E-state index in [1.54, 1.807) is 12.1 Å². The highest BCUT2D eigenvalue weighted by Crippen LogP contribution is 2.57. The summed E-state index contributed by atoms with van der Waals surface area (Å²) in [5.41, 5.74) is 0.0525. The number of alkyl halides is 6. The number of benzene rings is 2. The molecule has 0 fully saturated rings. The molecule has 2 aromatic rings. The summed E-state index contributed by atoms with van der Waals surface area (Å²) >= 11 is 0. The second-order valence-electron chi connectivity index (χ2n) is 10.0. The number of nitrogens with zero attached hydrogens (tertiary/aromatic N) is 6. The van der Waals surface area contributed by atoms with Gasteiger partial charge in [0.1, 0.15) is 17.6 Å². The molecule has 232 valence electrons. The summed E-state index contributed by atoms with van der Waals surface area (Å²) in [5.74, 6) is -2.93. The molecule has 0 spiro atoms. The van der Waals surface area contributed by atoms with Crippen molar-refractivity contribution in [3.8, 4) is 29.7 Å². The first-order valence-electron chi connectivity index (χ1n) is 13.3. The van der Waals surface area contributed by atoms with Crippen molar-refractivity contribution in [2.24, 2.45) is 11.8 Å². The highest BCUT2D eigenvalue weighted by molar-refractivity contribution is 6.01. The van der Waals surface area contributed by atoms with E-state index in [9.17, 15) is 42.1 Å². The zero-order valence-corrected chi connectivity index (χ0v) is 23.7. The van der Waals surface area contributed by atoms with Crippen molar-refractivity contribution in [2.75, 3.05) is 0 Å². The van der Waals surface area contributed by atoms with Gasteiger partial charge in [-0.3, -0.25) is 0 Å². The summed E-state index contributed by atoms with van der Waals surface area (Å²) in [7, 11) is 0. The van der Waals surface area contributed by atoms with Gasteiger partial charge in [-0.2, -0.15) is 5.26 Å². The van der Waals surface area contributed by atoms with E-state index in [-0.39, 0.29) is 55.8 Å². The van der Waals surface area contributed by atoms with Crippen molar-refractivity contribution >= 4 is 11.1 Å². The molecule has 2 atom stereocenters. The Bertz CT molecular complexity index is 2180. The Labute approximate surface area is 268 Å². The predicted octanol–water partition coefficient (Wildman–Crippen LogP) is 8.61. The molecule has 3 aliphatic rings. The molecule has 0 bridgehead atoms. The number of rotatable bonds is 4. The third-order valence-electron chi connectivity index (χ3n) is 7.50. The Hall–Kier alpha value is -7.00. The maximum absolute atomic E-state index is 12.8. The number of hydrogen-bond acceptors (Lipinski definition) is 5. The van der Waals surface area contributed by atoms with E-state index in [0.717, 1.165) is 24.3 Å². The molecular weight excluding hydrogens is 638 g/mol. The van der Waals surface area contributed by atoms with E-state index in [0.29, 0.717) is 0 Å². The molecule has 2 unspecified atom stereocenters. The molecule has 0 heterocycles. The van der Waals surface area contributed by atoms with Gasteiger partial charge in [0.2, 0.25) is 0 Å². The van der Waals surface area contributed by atoms with E-state index in [2.05, 4.69) is 24.0 Å². The minimum absolute atomic E-state index is 0.0000281. The summed E-state index contributed by atoms with van der Waals surface area (Å²) in [6, 6.07) is 14.6. The Morgan fingerprint density at radius 2 is 1.15 bits per heavy atom. The van der Waals surface area contributed by atoms with E-state index in [1.807, 2.05) is 6.07 Å². The van der Waals surface area contributed by atoms with Gasteiger partial charge in [0, 0.05) is 11.5 Å². The fourth-order valence-electron chi connectivity index (χ4n) is 5.85. The summed E-state index contributed by atoms with van der Waals surface area (Å²) in [6.45, 7) is 23.3. The molecule has 0 saturated carbocycles. The second kappa shape index (κ2) is 12.1. The van der Waals surface area contributed by atoms with Crippen LogP contribution in [-0.2, 0) is 0 Å². The Kier molecular flexibility index (Phi) is 8.15. The van der Waals surface area contributed by atoms with Gasteiger partial charge >= 0.3 is 12.7 Å². The fourth-order valence-corrected chi connectivity index (χ4v) is 5.85. The lowest BCUT2D eigenvalue weighted by Gasteiger charge is -2.24. The van der Waals surface area contributed by atoms with Gasteiger partial charge in [-0.15, -0.1) is 26.3 Å². The van der Waals surface area contributed by atoms with Crippen LogP contribution in [0.4, 0.5) is 26.3 Å². The van der Waals surface area contributed by atoms with Crippen molar-refractivity contribution in [3.63, 3.8) is 0 Å². The SMILES string of the molecule is [C-]#[N+]C1=C(c2ccc(OC(F)(F)F)cc2)/C(=C(/C#N)[N+]#[C-])C2C=C3C(=CC12)/C(=C(/C#N)[N+]#[C-])C(c1ccc(OC(F)(F)F)cc1)=C3C#N. The number of fused-ring (bicyclic) bond motifs is 2. The zero-order valence-electron chi connectivity index (χ0n) is 23.7. The smallest absolute Gasteiger partial charge is 0.406 e. The molecule has 14 heteroatoms. The molecule has 8 nitrogen and oxygen atoms in total. The predicted molar refractivity (Wildman–Crippen MR) is 154 cm³/mol. The molecule has 3 aliphatic carbocycles. The molecule has 0 radical (unpaired) electrons. The Morgan fingerprint density at radius 3 is 1.56 bits per heavy atom. The quantitative estimate of drug-likeness (QED) is 0.187. The van der Waals surface area contributed by atoms with Crippen LogP contribution < -0.4 is 9.47 Å². The third kappa shape index (κ3) is 5.75. The first kappa shape index (κ1) is 32.4. The average molecular weight is 650 g/mol. The van der Waals surface area contributed by atoms with Gasteiger partial charge in [0.15, 0.2) is 5.70 Å². The summed E-state index contributed by atoms with van der Waals surface area (Å²) in [6.07, 6.45) is -6.90. The topological polar surface area (TPSA) is 103 Å². The highest BCUT2D eigenvalue weighted by Gasteiger charge is 2.45. The van der Waals surface area contributed by atoms with Crippen molar-refractivity contribution in [1.29, 1.82) is 15.8 Å². The van der Waals surface area contributed by atoms with Crippen LogP contribution in [0.1, 0.15) is 11.1 Å². The molecule has 48 heavy (non-hydrogen) atoms. The number of ether oxygens (including phenoxy) is 2. The van der Waals surface area contributed by atoms with Crippen LogP contribution in [0.3, 0.4) is 0 Å². The van der Waals surface area contributed by atoms with Gasteiger partial charge in [-0.25, -0.2) is 25.1 Å². The summed E-state index contributed by atoms with van der Waals surface area (Å²) in [5, 5.41) is 30.1. The average Bonchev–Trinajstić information content (AvgIpc) is 3.52. The highest BCUT2D eigenvalue weighted by atomic mass is 19.4. The maximum atomic E-state index is 12.8. The number of hydrogen-bond donors (Lipinski definition) is 0. The maximum Gasteiger partial charge on any atom is 0.573 e. The molecule has 0 N–H and O–H groups in total. The molecule has 0 amide bonds. The van der Waals surface area contributed by atoms with Gasteiger partial charge in [-0.1, -0.05) is 36.4 Å². The number of halogens is 6. The van der Waals surface area contributed by atoms with E-state index >= 15 is 0 Å². The van der Waals surface area contributed by atoms with E-state index < -0.39 is 47.5 Å². The molecule has 2 aromatic carbocycles. The molecule has 0 saturated heterocycles. The minimum atomic E-state index is -4.97. The van der Waals surface area contributed by atoms with Gasteiger partial charge < -0.3 is 9.47 Å². The Morgan fingerprint density at radius 1 is 0.667 bits per heavy atom. The van der Waals surface area contributed by atoms with Crippen LogP contribution in [0.2, 0.25) is 0 Å². The third-order valence-corrected chi connectivity index (χ3v) is 7.50. The van der Waals surface area contributed by atoms with Crippen LogP contribution in [0, 0.1) is 65.5 Å². The summed E-state index contributed by atoms with van der Waals surface area (Å²) < 4.78 is 84.5. The summed E-state index contributed by atoms with van der Waals surface area (Å²) in [4.78, 5) is 10.3. The van der Waals surface area contributed by atoms with Gasteiger partial charge in [0.05, 0.1) is 37.4 Å². The van der Waals surface area contributed by atoms with Crippen molar-refractivity contribution in [1.82, 2.24) is 0 Å². The van der Waals surface area contributed by atoms with E-state index in [4.69, 9.17) is 19.7 Å². The van der Waals surface area contributed by atoms with Crippen molar-refractivity contribution in [2.45, 2.75) is 12.7 Å². The van der Waals surface area contributed by atoms with Crippen LogP contribution in [0.5, 0.6) is 11.5 Å². The van der Waals surface area contributed by atoms with Crippen molar-refractivity contribution in [3.05, 3.63) is 151 Å². The lowest BCUT2D eigenvalue weighted by molar-refractivity contribution is -0.275. The lowest BCUT2D eigenvalue weighted by Crippen LogP contribution is -2.17. The van der Waals surface area contributed by atoms with Crippen LogP contribution in [0.15, 0.2) is 106 Å². The van der Waals surface area contributed by atoms with Crippen LogP contribution in [0.25, 0.3) is 25.7 Å². The molecule has 0 aliphatic heterocycles. The second-order valence-corrected chi connectivity index (χ2v) is 10.0. The molecule has 0 aromatic heterocycles. The largest absolute Gasteiger partial charge is 0.573 e. The standard InChI is InChI=1S/C34H12F6N6O2/c1-44-26(15-42)30-22-13-24-23(12-21(22)25(14-41)28(30)17-4-8-19(9-5-17)47-33(35,36)37)31(27(16-43)45-2)29(32(24)46-3)18-6-10-20(11-7-18)48-34(38,39)40/h4-13,23-24H/b30-26+,31-27-. The Balaban J connectivity index is 1.74. The van der Waals surface area contributed by atoms with Crippen LogP contribution in [-0.4, -0.2) is 12.7 Å². The van der Waals surface area contributed by atoms with E-state index in [1.165, 1.54) is 36.4 Å². The monoisotopic (exact) mass is 650 g/mol. The van der Waals surface area contributed by atoms with Crippen molar-refractivity contribution < 1.29 is 35.8 Å². The van der Waals surface area contributed by atoms with Crippen LogP contribution >= 0.6 is 0 Å².